The van der Waals surface area contributed by atoms with Gasteiger partial charge in [0.25, 0.3) is 11.8 Å². The monoisotopic (exact) mass is 586 g/mol. The first kappa shape index (κ1) is 30.7. The molecule has 40 heavy (non-hydrogen) atoms. The van der Waals surface area contributed by atoms with Gasteiger partial charge in [-0.25, -0.2) is 13.8 Å². The standard InChI is InChI=1S/C26H24ClF5N4O4/c1-13(37)12-36-21(14(2)19-11-17(28)4-5-20(19)27)22(34-23(36)25(39)33-6-7-40-3)35-24(38)15-8-16(26(30,31)32)10-18(29)9-15/h4-5,8-11,14H,6-7,12H2,1-3H3,(H,33,39)(H,35,38)/t14-/m0/s1. The van der Waals surface area contributed by atoms with Gasteiger partial charge in [0.15, 0.2) is 5.82 Å². The quantitative estimate of drug-likeness (QED) is 0.251. The van der Waals surface area contributed by atoms with Gasteiger partial charge in [-0.3, -0.25) is 14.4 Å². The summed E-state index contributed by atoms with van der Waals surface area (Å²) >= 11 is 6.29. The largest absolute Gasteiger partial charge is 0.416 e. The highest BCUT2D eigenvalue weighted by atomic mass is 35.5. The predicted molar refractivity (Wildman–Crippen MR) is 135 cm³/mol. The van der Waals surface area contributed by atoms with Crippen molar-refractivity contribution in [1.82, 2.24) is 14.9 Å². The van der Waals surface area contributed by atoms with Gasteiger partial charge in [-0.05, 0) is 48.9 Å². The van der Waals surface area contributed by atoms with Crippen LogP contribution in [0.15, 0.2) is 36.4 Å². The molecule has 0 saturated carbocycles. The normalized spacial score (nSPS) is 12.2. The Bertz CT molecular complexity index is 1440. The van der Waals surface area contributed by atoms with Gasteiger partial charge in [-0.1, -0.05) is 18.5 Å². The molecular weight excluding hydrogens is 563 g/mol. The summed E-state index contributed by atoms with van der Waals surface area (Å²) in [6.07, 6.45) is -4.93. The number of methoxy groups -OCH3 is 1. The Morgan fingerprint density at radius 1 is 1.07 bits per heavy atom. The summed E-state index contributed by atoms with van der Waals surface area (Å²) in [5.41, 5.74) is -1.83. The van der Waals surface area contributed by atoms with Gasteiger partial charge in [0.1, 0.15) is 17.4 Å². The molecule has 0 fully saturated rings. The summed E-state index contributed by atoms with van der Waals surface area (Å²) < 4.78 is 73.9. The van der Waals surface area contributed by atoms with E-state index in [9.17, 15) is 36.3 Å². The Morgan fingerprint density at radius 2 is 1.77 bits per heavy atom. The molecule has 0 aliphatic heterocycles. The van der Waals surface area contributed by atoms with Gasteiger partial charge in [0, 0.05) is 30.2 Å². The number of nitrogens with one attached hydrogen (secondary N) is 2. The predicted octanol–water partition coefficient (Wildman–Crippen LogP) is 5.20. The summed E-state index contributed by atoms with van der Waals surface area (Å²) in [6.45, 7) is 2.58. The number of carbonyl (C=O) groups is 3. The summed E-state index contributed by atoms with van der Waals surface area (Å²) in [7, 11) is 1.41. The van der Waals surface area contributed by atoms with E-state index in [1.54, 1.807) is 6.92 Å². The van der Waals surface area contributed by atoms with E-state index in [0.717, 1.165) is 12.1 Å². The molecule has 1 heterocycles. The van der Waals surface area contributed by atoms with Crippen molar-refractivity contribution in [2.75, 3.05) is 25.6 Å². The maximum Gasteiger partial charge on any atom is 0.416 e. The molecule has 1 aromatic heterocycles. The highest BCUT2D eigenvalue weighted by Gasteiger charge is 2.33. The molecule has 2 amide bonds. The number of carbonyl (C=O) groups excluding carboxylic acids is 3. The van der Waals surface area contributed by atoms with Crippen molar-refractivity contribution >= 4 is 35.0 Å². The molecule has 3 aromatic rings. The van der Waals surface area contributed by atoms with Crippen LogP contribution in [0, 0.1) is 11.6 Å². The number of ketones is 1. The third-order valence-electron chi connectivity index (χ3n) is 5.74. The van der Waals surface area contributed by atoms with Crippen molar-refractivity contribution in [1.29, 1.82) is 0 Å². The van der Waals surface area contributed by atoms with Crippen molar-refractivity contribution in [3.8, 4) is 0 Å². The summed E-state index contributed by atoms with van der Waals surface area (Å²) in [5.74, 6) is -5.86. The second-order valence-corrected chi connectivity index (χ2v) is 9.18. The van der Waals surface area contributed by atoms with E-state index in [1.165, 1.54) is 24.7 Å². The van der Waals surface area contributed by atoms with Crippen LogP contribution in [0.4, 0.5) is 27.8 Å². The number of aromatic nitrogens is 2. The van der Waals surface area contributed by atoms with Crippen LogP contribution in [0.2, 0.25) is 5.02 Å². The number of hydrogen-bond acceptors (Lipinski definition) is 5. The SMILES string of the molecule is COCCNC(=O)c1nc(NC(=O)c2cc(F)cc(C(F)(F)F)c2)c([C@@H](C)c2cc(F)ccc2Cl)n1CC(C)=O. The Balaban J connectivity index is 2.18. The van der Waals surface area contributed by atoms with Crippen LogP contribution >= 0.6 is 11.6 Å². The smallest absolute Gasteiger partial charge is 0.383 e. The highest BCUT2D eigenvalue weighted by molar-refractivity contribution is 6.31. The fourth-order valence-corrected chi connectivity index (χ4v) is 4.24. The van der Waals surface area contributed by atoms with Crippen LogP contribution < -0.4 is 10.6 Å². The topological polar surface area (TPSA) is 102 Å². The molecule has 0 unspecified atom stereocenters. The minimum absolute atomic E-state index is 0.0281. The molecule has 3 rings (SSSR count). The van der Waals surface area contributed by atoms with Crippen LogP contribution in [-0.2, 0) is 22.3 Å². The lowest BCUT2D eigenvalue weighted by atomic mass is 9.96. The third-order valence-corrected chi connectivity index (χ3v) is 6.08. The zero-order chi connectivity index (χ0) is 29.8. The van der Waals surface area contributed by atoms with Gasteiger partial charge in [0.05, 0.1) is 24.4 Å². The molecule has 0 spiro atoms. The number of benzene rings is 2. The van der Waals surface area contributed by atoms with Crippen molar-refractivity contribution in [3.05, 3.63) is 81.3 Å². The molecule has 1 atom stereocenters. The van der Waals surface area contributed by atoms with E-state index in [-0.39, 0.29) is 47.1 Å². The Hall–Kier alpha value is -3.84. The van der Waals surface area contributed by atoms with Crippen molar-refractivity contribution in [2.45, 2.75) is 32.5 Å². The number of nitrogens with zero attached hydrogens (tertiary/aromatic N) is 2. The van der Waals surface area contributed by atoms with Gasteiger partial charge in [-0.15, -0.1) is 0 Å². The van der Waals surface area contributed by atoms with E-state index in [0.29, 0.717) is 12.1 Å². The Kier molecular flexibility index (Phi) is 9.64. The van der Waals surface area contributed by atoms with Crippen molar-refractivity contribution in [2.24, 2.45) is 0 Å². The van der Waals surface area contributed by atoms with Crippen molar-refractivity contribution < 1.29 is 41.1 Å². The number of rotatable bonds is 10. The first-order valence-corrected chi connectivity index (χ1v) is 12.1. The number of anilines is 1. The molecule has 8 nitrogen and oxygen atoms in total. The maximum absolute atomic E-state index is 14.1. The Labute approximate surface area is 230 Å². The van der Waals surface area contributed by atoms with Crippen LogP contribution in [0.5, 0.6) is 0 Å². The average molecular weight is 587 g/mol. The summed E-state index contributed by atoms with van der Waals surface area (Å²) in [5, 5.41) is 4.97. The van der Waals surface area contributed by atoms with Crippen LogP contribution in [-0.4, -0.2) is 47.4 Å². The molecule has 14 heteroatoms. The van der Waals surface area contributed by atoms with Crippen LogP contribution in [0.1, 0.15) is 57.6 Å². The number of amides is 2. The van der Waals surface area contributed by atoms with Crippen molar-refractivity contribution in [3.63, 3.8) is 0 Å². The first-order valence-electron chi connectivity index (χ1n) is 11.7. The third kappa shape index (κ3) is 7.21. The van der Waals surface area contributed by atoms with Gasteiger partial charge in [-0.2, -0.15) is 13.2 Å². The molecule has 0 radical (unpaired) electrons. The number of hydrogen-bond donors (Lipinski definition) is 2. The maximum atomic E-state index is 14.1. The van der Waals surface area contributed by atoms with Gasteiger partial charge < -0.3 is 19.9 Å². The second-order valence-electron chi connectivity index (χ2n) is 8.77. The number of halogens is 6. The number of Topliss-reactive ketones (excluding diaryl/α,β-unsaturated/α-hetero) is 1. The minimum Gasteiger partial charge on any atom is -0.383 e. The molecule has 0 aliphatic carbocycles. The molecule has 2 aromatic carbocycles. The van der Waals surface area contributed by atoms with Gasteiger partial charge in [0.2, 0.25) is 5.82 Å². The zero-order valence-electron chi connectivity index (χ0n) is 21.5. The lowest BCUT2D eigenvalue weighted by Crippen LogP contribution is -2.30. The fourth-order valence-electron chi connectivity index (χ4n) is 3.96. The molecular formula is C26H24ClF5N4O4. The van der Waals surface area contributed by atoms with Crippen LogP contribution in [0.25, 0.3) is 0 Å². The van der Waals surface area contributed by atoms with Crippen LogP contribution in [0.3, 0.4) is 0 Å². The van der Waals surface area contributed by atoms with E-state index in [1.807, 2.05) is 0 Å². The van der Waals surface area contributed by atoms with E-state index in [4.69, 9.17) is 16.3 Å². The average Bonchev–Trinajstić information content (AvgIpc) is 3.21. The van der Waals surface area contributed by atoms with E-state index >= 15 is 0 Å². The van der Waals surface area contributed by atoms with E-state index in [2.05, 4.69) is 15.6 Å². The Morgan fingerprint density at radius 3 is 2.40 bits per heavy atom. The summed E-state index contributed by atoms with van der Waals surface area (Å²) in [4.78, 5) is 42.4. The molecule has 0 bridgehead atoms. The molecule has 214 valence electrons. The number of alkyl halides is 3. The molecule has 0 aliphatic rings. The van der Waals surface area contributed by atoms with Gasteiger partial charge >= 0.3 is 6.18 Å². The van der Waals surface area contributed by atoms with E-state index < -0.39 is 59.0 Å². The highest BCUT2D eigenvalue weighted by Crippen LogP contribution is 2.36. The lowest BCUT2D eigenvalue weighted by molar-refractivity contribution is -0.137. The number of imidazole rings is 1. The first-order chi connectivity index (χ1) is 18.7. The summed E-state index contributed by atoms with van der Waals surface area (Å²) in [6, 6.07) is 4.81. The fraction of sp³-hybridized carbons (Fsp3) is 0.308. The minimum atomic E-state index is -4.93. The second kappa shape index (κ2) is 12.6. The molecule has 2 N–H and O–H groups in total. The molecule has 0 saturated heterocycles. The lowest BCUT2D eigenvalue weighted by Gasteiger charge is -2.19. The zero-order valence-corrected chi connectivity index (χ0v) is 22.2. The number of ether oxygens (including phenoxy) is 1.